The van der Waals surface area contributed by atoms with Crippen LogP contribution in [0.1, 0.15) is 32.1 Å². The van der Waals surface area contributed by atoms with Gasteiger partial charge < -0.3 is 9.80 Å². The molecule has 1 aromatic heterocycles. The topological polar surface area (TPSA) is 73.8 Å². The van der Waals surface area contributed by atoms with E-state index in [0.717, 1.165) is 57.7 Å². The summed E-state index contributed by atoms with van der Waals surface area (Å²) in [6.45, 7) is 3.57. The van der Waals surface area contributed by atoms with Gasteiger partial charge >= 0.3 is 0 Å². The van der Waals surface area contributed by atoms with Gasteiger partial charge in [-0.2, -0.15) is 0 Å². The number of carbonyl (C=O) groups excluding carboxylic acids is 1. The lowest BCUT2D eigenvalue weighted by Crippen LogP contribution is -2.54. The maximum atomic E-state index is 13.2. The van der Waals surface area contributed by atoms with Crippen LogP contribution in [-0.2, 0) is 14.6 Å². The van der Waals surface area contributed by atoms with Crippen molar-refractivity contribution >= 4 is 33.2 Å². The van der Waals surface area contributed by atoms with E-state index in [1.165, 1.54) is 0 Å². The van der Waals surface area contributed by atoms with Crippen LogP contribution in [0.3, 0.4) is 0 Å². The van der Waals surface area contributed by atoms with E-state index in [1.54, 1.807) is 6.20 Å². The van der Waals surface area contributed by atoms with Gasteiger partial charge in [-0.3, -0.25) is 9.69 Å². The Labute approximate surface area is 177 Å². The van der Waals surface area contributed by atoms with Crippen molar-refractivity contribution in [2.75, 3.05) is 49.1 Å². The smallest absolute Gasteiger partial charge is 0.237 e. The van der Waals surface area contributed by atoms with Gasteiger partial charge in [0, 0.05) is 44.5 Å². The molecule has 0 spiro atoms. The molecule has 1 unspecified atom stereocenters. The van der Waals surface area contributed by atoms with Crippen LogP contribution in [0.25, 0.3) is 0 Å². The Hall–Kier alpha value is -1.38. The molecule has 1 aromatic rings. The largest absolute Gasteiger partial charge is 0.354 e. The zero-order valence-corrected chi connectivity index (χ0v) is 18.2. The molecule has 0 bridgehead atoms. The zero-order chi connectivity index (χ0) is 20.4. The van der Waals surface area contributed by atoms with Crippen molar-refractivity contribution < 1.29 is 13.2 Å². The first-order valence-corrected chi connectivity index (χ1v) is 12.7. The van der Waals surface area contributed by atoms with E-state index in [9.17, 15) is 13.2 Å². The van der Waals surface area contributed by atoms with Crippen molar-refractivity contribution in [2.45, 2.75) is 44.2 Å². The summed E-state index contributed by atoms with van der Waals surface area (Å²) in [5.74, 6) is 1.34. The predicted molar refractivity (Wildman–Crippen MR) is 114 cm³/mol. The third kappa shape index (κ3) is 5.03. The molecule has 9 heteroatoms. The van der Waals surface area contributed by atoms with Crippen molar-refractivity contribution in [1.29, 1.82) is 0 Å². The van der Waals surface area contributed by atoms with Crippen molar-refractivity contribution in [1.82, 2.24) is 14.8 Å². The van der Waals surface area contributed by atoms with Gasteiger partial charge in [-0.25, -0.2) is 13.4 Å². The first-order valence-electron chi connectivity index (χ1n) is 10.5. The summed E-state index contributed by atoms with van der Waals surface area (Å²) >= 11 is 5.92. The third-order valence-corrected chi connectivity index (χ3v) is 8.35. The normalized spacial score (nSPS) is 25.4. The Morgan fingerprint density at radius 2 is 1.83 bits per heavy atom. The lowest BCUT2D eigenvalue weighted by atomic mass is 10.1. The van der Waals surface area contributed by atoms with Gasteiger partial charge in [0.15, 0.2) is 9.84 Å². The molecule has 4 rings (SSSR count). The molecular formula is C20H29ClN4O3S. The number of hydrogen-bond donors (Lipinski definition) is 0. The van der Waals surface area contributed by atoms with Gasteiger partial charge in [-0.15, -0.1) is 0 Å². The van der Waals surface area contributed by atoms with Gasteiger partial charge in [0.05, 0.1) is 23.1 Å². The van der Waals surface area contributed by atoms with E-state index >= 15 is 0 Å². The minimum absolute atomic E-state index is 0.0945. The Bertz CT molecular complexity index is 819. The number of anilines is 1. The van der Waals surface area contributed by atoms with Crippen LogP contribution < -0.4 is 4.90 Å². The van der Waals surface area contributed by atoms with Crippen molar-refractivity contribution in [3.63, 3.8) is 0 Å². The molecule has 3 aliphatic rings. The van der Waals surface area contributed by atoms with Gasteiger partial charge in [0.25, 0.3) is 0 Å². The fourth-order valence-electron chi connectivity index (χ4n) is 4.85. The van der Waals surface area contributed by atoms with E-state index in [2.05, 4.69) is 14.8 Å². The number of rotatable bonds is 5. The Kier molecular flexibility index (Phi) is 6.32. The molecular weight excluding hydrogens is 412 g/mol. The number of sulfone groups is 1. The SMILES string of the molecule is O=C(CN1CCN(c2ccc(Cl)cn2)CC1)N(C1CCCC1)C1CCS(=O)(=O)C1. The van der Waals surface area contributed by atoms with Gasteiger partial charge in [0.2, 0.25) is 5.91 Å². The maximum absolute atomic E-state index is 13.2. The van der Waals surface area contributed by atoms with Crippen LogP contribution in [0.2, 0.25) is 5.02 Å². The summed E-state index contributed by atoms with van der Waals surface area (Å²) < 4.78 is 24.0. The second-order valence-corrected chi connectivity index (χ2v) is 11.1. The molecule has 2 saturated heterocycles. The molecule has 3 fully saturated rings. The third-order valence-electron chi connectivity index (χ3n) is 6.37. The zero-order valence-electron chi connectivity index (χ0n) is 16.7. The molecule has 2 aliphatic heterocycles. The van der Waals surface area contributed by atoms with Crippen LogP contribution in [-0.4, -0.2) is 85.4 Å². The number of halogens is 1. The van der Waals surface area contributed by atoms with Crippen LogP contribution in [0.4, 0.5) is 5.82 Å². The second kappa shape index (κ2) is 8.78. The summed E-state index contributed by atoms with van der Waals surface area (Å²) in [4.78, 5) is 23.9. The van der Waals surface area contributed by atoms with E-state index in [1.807, 2.05) is 17.0 Å². The Balaban J connectivity index is 1.36. The number of carbonyl (C=O) groups is 1. The van der Waals surface area contributed by atoms with Crippen LogP contribution in [0, 0.1) is 0 Å². The monoisotopic (exact) mass is 440 g/mol. The summed E-state index contributed by atoms with van der Waals surface area (Å²) in [7, 11) is -3.01. The Morgan fingerprint density at radius 1 is 1.10 bits per heavy atom. The molecule has 7 nitrogen and oxygen atoms in total. The minimum atomic E-state index is -3.01. The highest BCUT2D eigenvalue weighted by atomic mass is 35.5. The fraction of sp³-hybridized carbons (Fsp3) is 0.700. The lowest BCUT2D eigenvalue weighted by Gasteiger charge is -2.38. The molecule has 1 saturated carbocycles. The van der Waals surface area contributed by atoms with E-state index in [4.69, 9.17) is 11.6 Å². The number of pyridine rings is 1. The summed E-state index contributed by atoms with van der Waals surface area (Å²) in [6, 6.07) is 3.83. The van der Waals surface area contributed by atoms with Gasteiger partial charge in [-0.05, 0) is 31.4 Å². The maximum Gasteiger partial charge on any atom is 0.237 e. The van der Waals surface area contributed by atoms with Gasteiger partial charge in [-0.1, -0.05) is 24.4 Å². The molecule has 0 aromatic carbocycles. The average Bonchev–Trinajstić information content (AvgIpc) is 3.33. The summed E-state index contributed by atoms with van der Waals surface area (Å²) in [5, 5.41) is 0.624. The van der Waals surface area contributed by atoms with E-state index in [0.29, 0.717) is 18.0 Å². The first kappa shape index (κ1) is 20.9. The van der Waals surface area contributed by atoms with Crippen LogP contribution >= 0.6 is 11.6 Å². The standard InChI is InChI=1S/C20H29ClN4O3S/c21-16-5-6-19(22-13-16)24-10-8-23(9-11-24)14-20(26)25(17-3-1-2-4-17)18-7-12-29(27,28)15-18/h5-6,13,17-18H,1-4,7-12,14-15H2. The van der Waals surface area contributed by atoms with Crippen molar-refractivity contribution in [3.8, 4) is 0 Å². The number of aromatic nitrogens is 1. The number of amides is 1. The molecule has 0 radical (unpaired) electrons. The molecule has 1 atom stereocenters. The predicted octanol–water partition coefficient (Wildman–Crippen LogP) is 1.82. The van der Waals surface area contributed by atoms with Crippen LogP contribution in [0.15, 0.2) is 18.3 Å². The highest BCUT2D eigenvalue weighted by molar-refractivity contribution is 7.91. The quantitative estimate of drug-likeness (QED) is 0.695. The highest BCUT2D eigenvalue weighted by Crippen LogP contribution is 2.29. The summed E-state index contributed by atoms with van der Waals surface area (Å²) in [5.41, 5.74) is 0. The first-order chi connectivity index (χ1) is 13.9. The average molecular weight is 441 g/mol. The number of piperazine rings is 1. The van der Waals surface area contributed by atoms with E-state index < -0.39 is 9.84 Å². The molecule has 0 N–H and O–H groups in total. The van der Waals surface area contributed by atoms with Crippen LogP contribution in [0.5, 0.6) is 0 Å². The summed E-state index contributed by atoms with van der Waals surface area (Å²) in [6.07, 6.45) is 6.49. The molecule has 1 aliphatic carbocycles. The van der Waals surface area contributed by atoms with E-state index in [-0.39, 0.29) is 29.5 Å². The Morgan fingerprint density at radius 3 is 2.41 bits per heavy atom. The second-order valence-electron chi connectivity index (χ2n) is 8.39. The lowest BCUT2D eigenvalue weighted by molar-refractivity contribution is -0.137. The number of hydrogen-bond acceptors (Lipinski definition) is 6. The molecule has 160 valence electrons. The minimum Gasteiger partial charge on any atom is -0.354 e. The van der Waals surface area contributed by atoms with Crippen molar-refractivity contribution in [3.05, 3.63) is 23.4 Å². The molecule has 1 amide bonds. The number of nitrogens with zero attached hydrogens (tertiary/aromatic N) is 4. The molecule has 29 heavy (non-hydrogen) atoms. The van der Waals surface area contributed by atoms with Crippen molar-refractivity contribution in [2.24, 2.45) is 0 Å². The molecule has 3 heterocycles. The highest BCUT2D eigenvalue weighted by Gasteiger charge is 2.39. The van der Waals surface area contributed by atoms with Gasteiger partial charge in [0.1, 0.15) is 5.82 Å². The fourth-order valence-corrected chi connectivity index (χ4v) is 6.67.